The highest BCUT2D eigenvalue weighted by Crippen LogP contribution is 2.32. The monoisotopic (exact) mass is 470 g/mol. The number of nitrogens with one attached hydrogen (secondary N) is 1. The normalized spacial score (nSPS) is 14.8. The van der Waals surface area contributed by atoms with Crippen LogP contribution in [-0.4, -0.2) is 23.6 Å². The lowest BCUT2D eigenvalue weighted by atomic mass is 10.0. The van der Waals surface area contributed by atoms with Gasteiger partial charge in [0.05, 0.1) is 22.9 Å². The van der Waals surface area contributed by atoms with Gasteiger partial charge in [-0.2, -0.15) is 13.2 Å². The molecule has 4 rings (SSSR count). The molecule has 0 spiro atoms. The molecular weight excluding hydrogens is 445 g/mol. The molecule has 3 aromatic rings. The molecule has 1 saturated heterocycles. The molecule has 1 fully saturated rings. The van der Waals surface area contributed by atoms with Crippen LogP contribution in [0.4, 0.5) is 24.5 Å². The van der Waals surface area contributed by atoms with Crippen LogP contribution in [0.1, 0.15) is 47.3 Å². The molecular formula is C25H25F3N4O2. The molecule has 1 aromatic heterocycles. The lowest BCUT2D eigenvalue weighted by molar-refractivity contribution is -0.137. The second-order valence-corrected chi connectivity index (χ2v) is 8.42. The molecule has 0 bridgehead atoms. The van der Waals surface area contributed by atoms with Crippen molar-refractivity contribution < 1.29 is 18.0 Å². The highest BCUT2D eigenvalue weighted by atomic mass is 19.4. The maximum Gasteiger partial charge on any atom is 0.416 e. The maximum atomic E-state index is 13.1. The van der Waals surface area contributed by atoms with Crippen LogP contribution >= 0.6 is 0 Å². The van der Waals surface area contributed by atoms with Crippen molar-refractivity contribution in [2.45, 2.75) is 32.0 Å². The lowest BCUT2D eigenvalue weighted by Gasteiger charge is -2.19. The number of amides is 1. The summed E-state index contributed by atoms with van der Waals surface area (Å²) in [5.74, 6) is -0.520. The van der Waals surface area contributed by atoms with Crippen LogP contribution in [-0.2, 0) is 6.18 Å². The van der Waals surface area contributed by atoms with Crippen LogP contribution < -0.4 is 21.5 Å². The third-order valence-corrected chi connectivity index (χ3v) is 5.90. The molecule has 2 heterocycles. The molecule has 0 unspecified atom stereocenters. The Kier molecular flexibility index (Phi) is 6.37. The van der Waals surface area contributed by atoms with Crippen LogP contribution in [0.3, 0.4) is 0 Å². The fraction of sp³-hybridized carbons (Fsp3) is 0.280. The van der Waals surface area contributed by atoms with Gasteiger partial charge in [-0.3, -0.25) is 14.2 Å². The van der Waals surface area contributed by atoms with Crippen LogP contribution in [0.2, 0.25) is 0 Å². The van der Waals surface area contributed by atoms with E-state index in [1.54, 1.807) is 13.0 Å². The molecule has 0 radical (unpaired) electrons. The lowest BCUT2D eigenvalue weighted by Crippen LogP contribution is -2.29. The van der Waals surface area contributed by atoms with E-state index in [-0.39, 0.29) is 22.4 Å². The molecule has 6 nitrogen and oxygen atoms in total. The summed E-state index contributed by atoms with van der Waals surface area (Å²) in [6.45, 7) is 3.49. The van der Waals surface area contributed by atoms with Gasteiger partial charge in [-0.15, -0.1) is 0 Å². The van der Waals surface area contributed by atoms with Crippen molar-refractivity contribution in [3.05, 3.63) is 87.8 Å². The Balaban J connectivity index is 1.58. The second kappa shape index (κ2) is 9.24. The molecule has 3 N–H and O–H groups in total. The number of halogens is 3. The topological polar surface area (TPSA) is 80.4 Å². The Morgan fingerprint density at radius 2 is 1.74 bits per heavy atom. The molecule has 1 amide bonds. The Labute approximate surface area is 194 Å². The summed E-state index contributed by atoms with van der Waals surface area (Å²) in [4.78, 5) is 27.7. The first-order chi connectivity index (χ1) is 16.1. The zero-order valence-electron chi connectivity index (χ0n) is 18.6. The van der Waals surface area contributed by atoms with Crippen molar-refractivity contribution in [1.82, 2.24) is 9.88 Å². The summed E-state index contributed by atoms with van der Waals surface area (Å²) in [5, 5.41) is 2.69. The first-order valence-corrected chi connectivity index (χ1v) is 11.0. The van der Waals surface area contributed by atoms with Crippen molar-refractivity contribution in [2.24, 2.45) is 0 Å². The summed E-state index contributed by atoms with van der Waals surface area (Å²) < 4.78 is 40.8. The van der Waals surface area contributed by atoms with Crippen molar-refractivity contribution >= 4 is 17.3 Å². The molecule has 9 heteroatoms. The number of carbonyl (C=O) groups excluding carboxylic acids is 1. The first kappa shape index (κ1) is 23.4. The quantitative estimate of drug-likeness (QED) is 0.537. The Morgan fingerprint density at radius 1 is 1.03 bits per heavy atom. The SMILES string of the molecule is C[C@@H](NC(=O)c1ccc(=O)n(-c2cccc(N3CCCC3)c2)c1)c1cc(N)cc(C(F)(F)F)c1. The van der Waals surface area contributed by atoms with E-state index in [4.69, 9.17) is 5.73 Å². The minimum atomic E-state index is -4.55. The van der Waals surface area contributed by atoms with Gasteiger partial charge in [0.15, 0.2) is 0 Å². The number of nitrogens with two attached hydrogens (primary N) is 1. The molecule has 178 valence electrons. The molecule has 2 aromatic carbocycles. The van der Waals surface area contributed by atoms with Crippen LogP contribution in [0.25, 0.3) is 5.69 Å². The highest BCUT2D eigenvalue weighted by Gasteiger charge is 2.31. The highest BCUT2D eigenvalue weighted by molar-refractivity contribution is 5.94. The third-order valence-electron chi connectivity index (χ3n) is 5.90. The average Bonchev–Trinajstić information content (AvgIpc) is 3.33. The van der Waals surface area contributed by atoms with E-state index in [9.17, 15) is 22.8 Å². The number of aromatic nitrogens is 1. The first-order valence-electron chi connectivity index (χ1n) is 11.0. The Bertz CT molecular complexity index is 1260. The molecule has 1 aliphatic rings. The largest absolute Gasteiger partial charge is 0.416 e. The molecule has 0 aliphatic carbocycles. The van der Waals surface area contributed by atoms with E-state index in [1.165, 1.54) is 29.0 Å². The zero-order valence-corrected chi connectivity index (χ0v) is 18.6. The number of nitrogens with zero attached hydrogens (tertiary/aromatic N) is 2. The van der Waals surface area contributed by atoms with Crippen LogP contribution in [0, 0.1) is 0 Å². The minimum Gasteiger partial charge on any atom is -0.399 e. The number of benzene rings is 2. The molecule has 1 aliphatic heterocycles. The van der Waals surface area contributed by atoms with E-state index in [2.05, 4.69) is 10.2 Å². The third kappa shape index (κ3) is 5.08. The van der Waals surface area contributed by atoms with Gasteiger partial charge in [-0.25, -0.2) is 0 Å². The Morgan fingerprint density at radius 3 is 2.44 bits per heavy atom. The minimum absolute atomic E-state index is 0.0441. The van der Waals surface area contributed by atoms with Gasteiger partial charge in [0.2, 0.25) is 0 Å². The van der Waals surface area contributed by atoms with Gasteiger partial charge in [0, 0.05) is 36.7 Å². The van der Waals surface area contributed by atoms with Crippen LogP contribution in [0.15, 0.2) is 65.6 Å². The van der Waals surface area contributed by atoms with Crippen molar-refractivity contribution in [1.29, 1.82) is 0 Å². The van der Waals surface area contributed by atoms with Gasteiger partial charge in [0.25, 0.3) is 11.5 Å². The second-order valence-electron chi connectivity index (χ2n) is 8.42. The summed E-state index contributed by atoms with van der Waals surface area (Å²) in [6.07, 6.45) is -0.869. The number of hydrogen-bond donors (Lipinski definition) is 2. The van der Waals surface area contributed by atoms with Crippen molar-refractivity contribution in [3.8, 4) is 5.69 Å². The number of rotatable bonds is 5. The number of carbonyl (C=O) groups is 1. The standard InChI is InChI=1S/C25H25F3N4O2/c1-16(18-11-19(25(26,27)28)13-20(29)12-18)30-24(34)17-7-8-23(33)32(15-17)22-6-4-5-21(14-22)31-9-2-3-10-31/h4-8,11-16H,2-3,9-10,29H2,1H3,(H,30,34)/t16-/m1/s1. The molecule has 1 atom stereocenters. The van der Waals surface area contributed by atoms with E-state index in [0.29, 0.717) is 5.69 Å². The Hall–Kier alpha value is -3.75. The number of pyridine rings is 1. The van der Waals surface area contributed by atoms with Crippen molar-refractivity contribution in [2.75, 3.05) is 23.7 Å². The number of alkyl halides is 3. The smallest absolute Gasteiger partial charge is 0.399 e. The van der Waals surface area contributed by atoms with Crippen molar-refractivity contribution in [3.63, 3.8) is 0 Å². The fourth-order valence-electron chi connectivity index (χ4n) is 4.09. The van der Waals surface area contributed by atoms with Gasteiger partial charge in [-0.1, -0.05) is 6.07 Å². The average molecular weight is 470 g/mol. The number of hydrogen-bond acceptors (Lipinski definition) is 4. The van der Waals surface area contributed by atoms with Gasteiger partial charge >= 0.3 is 6.18 Å². The molecule has 0 saturated carbocycles. The summed E-state index contributed by atoms with van der Waals surface area (Å²) in [7, 11) is 0. The van der Waals surface area contributed by atoms with Crippen LogP contribution in [0.5, 0.6) is 0 Å². The predicted molar refractivity (Wildman–Crippen MR) is 125 cm³/mol. The summed E-state index contributed by atoms with van der Waals surface area (Å²) >= 11 is 0. The summed E-state index contributed by atoms with van der Waals surface area (Å²) in [6, 6.07) is 12.7. The molecule has 34 heavy (non-hydrogen) atoms. The summed E-state index contributed by atoms with van der Waals surface area (Å²) in [5.41, 5.74) is 6.49. The van der Waals surface area contributed by atoms with E-state index >= 15 is 0 Å². The van der Waals surface area contributed by atoms with E-state index < -0.39 is 23.7 Å². The maximum absolute atomic E-state index is 13.1. The van der Waals surface area contributed by atoms with Gasteiger partial charge < -0.3 is 16.0 Å². The van der Waals surface area contributed by atoms with E-state index in [1.807, 2.05) is 18.2 Å². The van der Waals surface area contributed by atoms with Gasteiger partial charge in [-0.05, 0) is 67.8 Å². The van der Waals surface area contributed by atoms with Gasteiger partial charge in [0.1, 0.15) is 0 Å². The number of nitrogen functional groups attached to an aromatic ring is 1. The zero-order chi connectivity index (χ0) is 24.5. The predicted octanol–water partition coefficient (Wildman–Crippen LogP) is 4.53. The number of anilines is 2. The fourth-order valence-corrected chi connectivity index (χ4v) is 4.09. The van der Waals surface area contributed by atoms with E-state index in [0.717, 1.165) is 43.8 Å².